The number of ether oxygens (including phenoxy) is 1. The molecule has 1 heterocycles. The molecule has 1 rings (SSSR count). The van der Waals surface area contributed by atoms with Crippen molar-refractivity contribution in [2.24, 2.45) is 11.8 Å². The SMILES string of the molecule is CC1CCN(CCOCCO)CC1C. The van der Waals surface area contributed by atoms with E-state index in [1.807, 2.05) is 0 Å². The lowest BCUT2D eigenvalue weighted by Gasteiger charge is -2.35. The van der Waals surface area contributed by atoms with Crippen LogP contribution in [-0.2, 0) is 4.74 Å². The Morgan fingerprint density at radius 2 is 2.07 bits per heavy atom. The maximum Gasteiger partial charge on any atom is 0.0698 e. The predicted octanol–water partition coefficient (Wildman–Crippen LogP) is 0.973. The molecule has 0 amide bonds. The highest BCUT2D eigenvalue weighted by Crippen LogP contribution is 2.21. The van der Waals surface area contributed by atoms with Crippen molar-refractivity contribution in [1.29, 1.82) is 0 Å². The molecule has 84 valence electrons. The van der Waals surface area contributed by atoms with Gasteiger partial charge in [-0.25, -0.2) is 0 Å². The zero-order valence-electron chi connectivity index (χ0n) is 9.41. The van der Waals surface area contributed by atoms with Gasteiger partial charge in [-0.05, 0) is 24.8 Å². The van der Waals surface area contributed by atoms with E-state index in [-0.39, 0.29) is 6.61 Å². The highest BCUT2D eigenvalue weighted by molar-refractivity contribution is 4.74. The first-order chi connectivity index (χ1) is 6.74. The van der Waals surface area contributed by atoms with E-state index in [2.05, 4.69) is 18.7 Å². The highest BCUT2D eigenvalue weighted by Gasteiger charge is 2.21. The van der Waals surface area contributed by atoms with Crippen molar-refractivity contribution in [3.63, 3.8) is 0 Å². The molecule has 3 heteroatoms. The molecule has 1 saturated heterocycles. The second-order valence-corrected chi connectivity index (χ2v) is 4.38. The third kappa shape index (κ3) is 3.95. The summed E-state index contributed by atoms with van der Waals surface area (Å²) in [6.07, 6.45) is 1.31. The summed E-state index contributed by atoms with van der Waals surface area (Å²) in [7, 11) is 0. The normalized spacial score (nSPS) is 29.4. The van der Waals surface area contributed by atoms with Crippen molar-refractivity contribution in [3.05, 3.63) is 0 Å². The van der Waals surface area contributed by atoms with Gasteiger partial charge in [-0.1, -0.05) is 13.8 Å². The molecule has 1 fully saturated rings. The summed E-state index contributed by atoms with van der Waals surface area (Å²) < 4.78 is 5.26. The van der Waals surface area contributed by atoms with Crippen LogP contribution in [0.25, 0.3) is 0 Å². The van der Waals surface area contributed by atoms with E-state index in [1.165, 1.54) is 19.5 Å². The number of nitrogens with zero attached hydrogens (tertiary/aromatic N) is 1. The third-order valence-electron chi connectivity index (χ3n) is 3.21. The van der Waals surface area contributed by atoms with Gasteiger partial charge in [0.1, 0.15) is 0 Å². The summed E-state index contributed by atoms with van der Waals surface area (Å²) in [5.41, 5.74) is 0. The Morgan fingerprint density at radius 1 is 1.29 bits per heavy atom. The molecule has 0 aromatic heterocycles. The molecule has 2 unspecified atom stereocenters. The number of aliphatic hydroxyl groups excluding tert-OH is 1. The van der Waals surface area contributed by atoms with Crippen LogP contribution in [0.2, 0.25) is 0 Å². The monoisotopic (exact) mass is 201 g/mol. The fourth-order valence-corrected chi connectivity index (χ4v) is 1.91. The quantitative estimate of drug-likeness (QED) is 0.673. The van der Waals surface area contributed by atoms with Crippen LogP contribution in [0, 0.1) is 11.8 Å². The molecule has 0 radical (unpaired) electrons. The number of rotatable bonds is 5. The number of hydrogen-bond acceptors (Lipinski definition) is 3. The van der Waals surface area contributed by atoms with Crippen molar-refractivity contribution >= 4 is 0 Å². The number of likely N-dealkylation sites (tertiary alicyclic amines) is 1. The summed E-state index contributed by atoms with van der Waals surface area (Å²) in [5, 5.41) is 8.54. The summed E-state index contributed by atoms with van der Waals surface area (Å²) in [5.74, 6) is 1.67. The van der Waals surface area contributed by atoms with Crippen LogP contribution in [-0.4, -0.2) is 49.5 Å². The second-order valence-electron chi connectivity index (χ2n) is 4.38. The van der Waals surface area contributed by atoms with Gasteiger partial charge in [0, 0.05) is 13.1 Å². The van der Waals surface area contributed by atoms with E-state index in [0.29, 0.717) is 6.61 Å². The first-order valence-electron chi connectivity index (χ1n) is 5.65. The minimum atomic E-state index is 0.132. The van der Waals surface area contributed by atoms with Crippen LogP contribution in [0.4, 0.5) is 0 Å². The topological polar surface area (TPSA) is 32.7 Å². The number of aliphatic hydroxyl groups is 1. The van der Waals surface area contributed by atoms with Crippen LogP contribution >= 0.6 is 0 Å². The summed E-state index contributed by atoms with van der Waals surface area (Å²) in [6, 6.07) is 0. The van der Waals surface area contributed by atoms with E-state index < -0.39 is 0 Å². The van der Waals surface area contributed by atoms with Gasteiger partial charge >= 0.3 is 0 Å². The van der Waals surface area contributed by atoms with Crippen LogP contribution < -0.4 is 0 Å². The van der Waals surface area contributed by atoms with E-state index in [9.17, 15) is 0 Å². The van der Waals surface area contributed by atoms with Crippen molar-refractivity contribution in [2.75, 3.05) is 39.5 Å². The van der Waals surface area contributed by atoms with E-state index >= 15 is 0 Å². The van der Waals surface area contributed by atoms with Crippen molar-refractivity contribution in [1.82, 2.24) is 4.90 Å². The van der Waals surface area contributed by atoms with Gasteiger partial charge in [-0.3, -0.25) is 0 Å². The molecule has 0 spiro atoms. The van der Waals surface area contributed by atoms with Crippen LogP contribution in [0.3, 0.4) is 0 Å². The van der Waals surface area contributed by atoms with Gasteiger partial charge in [0.25, 0.3) is 0 Å². The van der Waals surface area contributed by atoms with Gasteiger partial charge in [0.15, 0.2) is 0 Å². The summed E-state index contributed by atoms with van der Waals surface area (Å²) in [6.45, 7) is 9.43. The molecule has 2 atom stereocenters. The zero-order chi connectivity index (χ0) is 10.4. The molecular weight excluding hydrogens is 178 g/mol. The molecule has 0 aromatic rings. The fourth-order valence-electron chi connectivity index (χ4n) is 1.91. The minimum absolute atomic E-state index is 0.132. The van der Waals surface area contributed by atoms with Crippen molar-refractivity contribution in [3.8, 4) is 0 Å². The Bertz CT molecular complexity index is 152. The van der Waals surface area contributed by atoms with Crippen molar-refractivity contribution < 1.29 is 9.84 Å². The molecule has 3 nitrogen and oxygen atoms in total. The first-order valence-corrected chi connectivity index (χ1v) is 5.65. The fraction of sp³-hybridized carbons (Fsp3) is 1.00. The summed E-state index contributed by atoms with van der Waals surface area (Å²) in [4.78, 5) is 2.46. The minimum Gasteiger partial charge on any atom is -0.394 e. The van der Waals surface area contributed by atoms with Crippen molar-refractivity contribution in [2.45, 2.75) is 20.3 Å². The Kier molecular flexibility index (Phi) is 5.45. The number of piperidine rings is 1. The molecular formula is C11H23NO2. The smallest absolute Gasteiger partial charge is 0.0698 e. The Balaban J connectivity index is 2.07. The molecule has 0 saturated carbocycles. The van der Waals surface area contributed by atoms with Gasteiger partial charge in [0.05, 0.1) is 19.8 Å². The Morgan fingerprint density at radius 3 is 2.71 bits per heavy atom. The maximum absolute atomic E-state index is 8.54. The molecule has 0 aliphatic carbocycles. The molecule has 14 heavy (non-hydrogen) atoms. The number of hydrogen-bond donors (Lipinski definition) is 1. The molecule has 1 N–H and O–H groups in total. The second kappa shape index (κ2) is 6.38. The zero-order valence-corrected chi connectivity index (χ0v) is 9.41. The molecule has 0 aromatic carbocycles. The van der Waals surface area contributed by atoms with Crippen LogP contribution in [0.1, 0.15) is 20.3 Å². The van der Waals surface area contributed by atoms with E-state index in [0.717, 1.165) is 25.0 Å². The lowest BCUT2D eigenvalue weighted by Crippen LogP contribution is -2.40. The maximum atomic E-state index is 8.54. The molecule has 1 aliphatic rings. The van der Waals surface area contributed by atoms with E-state index in [4.69, 9.17) is 9.84 Å². The average molecular weight is 201 g/mol. The average Bonchev–Trinajstić information content (AvgIpc) is 2.18. The molecule has 0 bridgehead atoms. The largest absolute Gasteiger partial charge is 0.394 e. The Labute approximate surface area is 87.1 Å². The lowest BCUT2D eigenvalue weighted by molar-refractivity contribution is 0.0560. The predicted molar refractivity (Wildman–Crippen MR) is 57.3 cm³/mol. The lowest BCUT2D eigenvalue weighted by atomic mass is 9.89. The van der Waals surface area contributed by atoms with Gasteiger partial charge < -0.3 is 14.7 Å². The first kappa shape index (κ1) is 12.0. The van der Waals surface area contributed by atoms with Crippen LogP contribution in [0.15, 0.2) is 0 Å². The van der Waals surface area contributed by atoms with Gasteiger partial charge in [0.2, 0.25) is 0 Å². The van der Waals surface area contributed by atoms with Crippen LogP contribution in [0.5, 0.6) is 0 Å². The van der Waals surface area contributed by atoms with E-state index in [1.54, 1.807) is 0 Å². The van der Waals surface area contributed by atoms with Gasteiger partial charge in [-0.2, -0.15) is 0 Å². The standard InChI is InChI=1S/C11H23NO2/c1-10-3-4-12(9-11(10)2)5-7-14-8-6-13/h10-11,13H,3-9H2,1-2H3. The summed E-state index contributed by atoms with van der Waals surface area (Å²) >= 11 is 0. The van der Waals surface area contributed by atoms with Gasteiger partial charge in [-0.15, -0.1) is 0 Å². The third-order valence-corrected chi connectivity index (χ3v) is 3.21. The Hall–Kier alpha value is -0.120. The molecule has 1 aliphatic heterocycles. The highest BCUT2D eigenvalue weighted by atomic mass is 16.5.